The second kappa shape index (κ2) is 6.71. The maximum absolute atomic E-state index is 11.2. The molecule has 0 rings (SSSR count). The number of hydrogen-bond donors (Lipinski definition) is 3. The van der Waals surface area contributed by atoms with E-state index < -0.39 is 18.0 Å². The van der Waals surface area contributed by atoms with Gasteiger partial charge in [-0.25, -0.2) is 4.79 Å². The standard InChI is InChI=1S/C10H16N2O3/c1-4-6-8(5-2)12-10(15)11-7(3)9(13)14/h2,7-8H,4,6H2,1,3H3,(H,13,14)(H2,11,12,15)/t7-,8?/m1/s1. The number of nitrogens with one attached hydrogen (secondary N) is 2. The van der Waals surface area contributed by atoms with Crippen molar-refractivity contribution in [2.45, 2.75) is 38.8 Å². The van der Waals surface area contributed by atoms with Crippen molar-refractivity contribution in [3.63, 3.8) is 0 Å². The van der Waals surface area contributed by atoms with Crippen LogP contribution in [0.15, 0.2) is 0 Å². The van der Waals surface area contributed by atoms with Gasteiger partial charge < -0.3 is 15.7 Å². The third-order valence-corrected chi connectivity index (χ3v) is 1.80. The third-order valence-electron chi connectivity index (χ3n) is 1.80. The molecule has 5 nitrogen and oxygen atoms in total. The molecule has 0 aliphatic carbocycles. The van der Waals surface area contributed by atoms with E-state index in [4.69, 9.17) is 11.5 Å². The van der Waals surface area contributed by atoms with Gasteiger partial charge in [0.1, 0.15) is 6.04 Å². The molecular formula is C10H16N2O3. The van der Waals surface area contributed by atoms with Gasteiger partial charge in [-0.05, 0) is 13.3 Å². The smallest absolute Gasteiger partial charge is 0.325 e. The van der Waals surface area contributed by atoms with Gasteiger partial charge in [-0.3, -0.25) is 4.79 Å². The first-order chi connectivity index (χ1) is 7.01. The normalized spacial score (nSPS) is 13.4. The van der Waals surface area contributed by atoms with Gasteiger partial charge in [-0.2, -0.15) is 0 Å². The number of carbonyl (C=O) groups excluding carboxylic acids is 1. The average Bonchev–Trinajstić information content (AvgIpc) is 2.16. The van der Waals surface area contributed by atoms with E-state index in [2.05, 4.69) is 16.6 Å². The molecule has 0 aromatic carbocycles. The van der Waals surface area contributed by atoms with E-state index in [0.717, 1.165) is 6.42 Å². The fraction of sp³-hybridized carbons (Fsp3) is 0.600. The summed E-state index contributed by atoms with van der Waals surface area (Å²) in [7, 11) is 0. The van der Waals surface area contributed by atoms with Crippen LogP contribution in [0.5, 0.6) is 0 Å². The zero-order valence-electron chi connectivity index (χ0n) is 8.91. The van der Waals surface area contributed by atoms with Crippen molar-refractivity contribution in [2.75, 3.05) is 0 Å². The molecule has 0 aliphatic heterocycles. The highest BCUT2D eigenvalue weighted by atomic mass is 16.4. The maximum Gasteiger partial charge on any atom is 0.325 e. The molecule has 1 unspecified atom stereocenters. The molecule has 0 saturated carbocycles. The molecule has 0 spiro atoms. The molecule has 0 fully saturated rings. The van der Waals surface area contributed by atoms with Gasteiger partial charge in [0.15, 0.2) is 0 Å². The Hall–Kier alpha value is -1.70. The lowest BCUT2D eigenvalue weighted by atomic mass is 10.2. The van der Waals surface area contributed by atoms with Crippen molar-refractivity contribution in [3.8, 4) is 12.3 Å². The van der Waals surface area contributed by atoms with Crippen molar-refractivity contribution in [2.24, 2.45) is 0 Å². The number of carboxylic acids is 1. The van der Waals surface area contributed by atoms with Crippen molar-refractivity contribution in [1.82, 2.24) is 10.6 Å². The van der Waals surface area contributed by atoms with Gasteiger partial charge >= 0.3 is 12.0 Å². The summed E-state index contributed by atoms with van der Waals surface area (Å²) in [6.07, 6.45) is 6.71. The second-order valence-corrected chi connectivity index (χ2v) is 3.19. The molecule has 84 valence electrons. The van der Waals surface area contributed by atoms with Gasteiger partial charge in [-0.1, -0.05) is 19.3 Å². The minimum atomic E-state index is -1.09. The molecule has 0 aromatic rings. The van der Waals surface area contributed by atoms with Crippen LogP contribution in [0, 0.1) is 12.3 Å². The number of terminal acetylenes is 1. The molecule has 0 bridgehead atoms. The number of rotatable bonds is 5. The summed E-state index contributed by atoms with van der Waals surface area (Å²) in [6, 6.07) is -1.83. The van der Waals surface area contributed by atoms with Crippen molar-refractivity contribution in [3.05, 3.63) is 0 Å². The summed E-state index contributed by atoms with van der Waals surface area (Å²) in [5, 5.41) is 13.3. The fourth-order valence-electron chi connectivity index (χ4n) is 0.944. The molecule has 0 aromatic heterocycles. The molecule has 5 heteroatoms. The quantitative estimate of drug-likeness (QED) is 0.583. The molecule has 2 atom stereocenters. The predicted molar refractivity (Wildman–Crippen MR) is 56.3 cm³/mol. The predicted octanol–water partition coefficient (Wildman–Crippen LogP) is 0.561. The Bertz CT molecular complexity index is 270. The minimum Gasteiger partial charge on any atom is -0.480 e. The van der Waals surface area contributed by atoms with Gasteiger partial charge in [0.05, 0.1) is 6.04 Å². The Labute approximate surface area is 89.2 Å². The highest BCUT2D eigenvalue weighted by molar-refractivity contribution is 5.82. The highest BCUT2D eigenvalue weighted by Crippen LogP contribution is 1.94. The summed E-state index contributed by atoms with van der Waals surface area (Å²) >= 11 is 0. The lowest BCUT2D eigenvalue weighted by Crippen LogP contribution is -2.47. The van der Waals surface area contributed by atoms with Crippen LogP contribution in [-0.4, -0.2) is 29.2 Å². The lowest BCUT2D eigenvalue weighted by molar-refractivity contribution is -0.138. The zero-order valence-corrected chi connectivity index (χ0v) is 8.91. The Morgan fingerprint density at radius 3 is 2.47 bits per heavy atom. The number of urea groups is 1. The summed E-state index contributed by atoms with van der Waals surface area (Å²) in [5.74, 6) is 1.33. The average molecular weight is 212 g/mol. The van der Waals surface area contributed by atoms with Crippen LogP contribution >= 0.6 is 0 Å². The Kier molecular flexibility index (Phi) is 5.95. The van der Waals surface area contributed by atoms with Gasteiger partial charge in [0, 0.05) is 0 Å². The Balaban J connectivity index is 4.02. The van der Waals surface area contributed by atoms with Crippen LogP contribution in [-0.2, 0) is 4.79 Å². The number of amides is 2. The Morgan fingerprint density at radius 1 is 1.47 bits per heavy atom. The van der Waals surface area contributed by atoms with Crippen LogP contribution in [0.1, 0.15) is 26.7 Å². The van der Waals surface area contributed by atoms with E-state index in [1.165, 1.54) is 6.92 Å². The van der Waals surface area contributed by atoms with Crippen LogP contribution in [0.25, 0.3) is 0 Å². The van der Waals surface area contributed by atoms with Gasteiger partial charge in [-0.15, -0.1) is 6.42 Å². The van der Waals surface area contributed by atoms with Gasteiger partial charge in [0.25, 0.3) is 0 Å². The lowest BCUT2D eigenvalue weighted by Gasteiger charge is -2.14. The number of hydrogen-bond acceptors (Lipinski definition) is 2. The van der Waals surface area contributed by atoms with E-state index in [1.54, 1.807) is 0 Å². The molecule has 0 radical (unpaired) electrons. The van der Waals surface area contributed by atoms with Crippen LogP contribution in [0.2, 0.25) is 0 Å². The SMILES string of the molecule is C#CC(CCC)NC(=O)N[C@H](C)C(=O)O. The summed E-state index contributed by atoms with van der Waals surface area (Å²) in [6.45, 7) is 3.33. The van der Waals surface area contributed by atoms with Gasteiger partial charge in [0.2, 0.25) is 0 Å². The zero-order chi connectivity index (χ0) is 11.8. The molecule has 0 aliphatic rings. The highest BCUT2D eigenvalue weighted by Gasteiger charge is 2.15. The topological polar surface area (TPSA) is 78.4 Å². The molecule has 3 N–H and O–H groups in total. The first-order valence-corrected chi connectivity index (χ1v) is 4.77. The largest absolute Gasteiger partial charge is 0.480 e. The fourth-order valence-corrected chi connectivity index (χ4v) is 0.944. The first kappa shape index (κ1) is 13.3. The maximum atomic E-state index is 11.2. The van der Waals surface area contributed by atoms with E-state index in [9.17, 15) is 9.59 Å². The number of aliphatic carboxylic acids is 1. The number of carboxylic acid groups (broad SMARTS) is 1. The van der Waals surface area contributed by atoms with E-state index in [-0.39, 0.29) is 6.04 Å². The molecule has 0 saturated heterocycles. The van der Waals surface area contributed by atoms with Crippen molar-refractivity contribution >= 4 is 12.0 Å². The van der Waals surface area contributed by atoms with Crippen LogP contribution < -0.4 is 10.6 Å². The molecule has 0 heterocycles. The van der Waals surface area contributed by atoms with Crippen molar-refractivity contribution < 1.29 is 14.7 Å². The number of carbonyl (C=O) groups is 2. The monoisotopic (exact) mass is 212 g/mol. The molecule has 2 amide bonds. The second-order valence-electron chi connectivity index (χ2n) is 3.19. The third kappa shape index (κ3) is 5.57. The van der Waals surface area contributed by atoms with Crippen LogP contribution in [0.4, 0.5) is 4.79 Å². The van der Waals surface area contributed by atoms with E-state index >= 15 is 0 Å². The minimum absolute atomic E-state index is 0.351. The van der Waals surface area contributed by atoms with E-state index in [0.29, 0.717) is 6.42 Å². The van der Waals surface area contributed by atoms with Crippen LogP contribution in [0.3, 0.4) is 0 Å². The summed E-state index contributed by atoms with van der Waals surface area (Å²) in [5.41, 5.74) is 0. The Morgan fingerprint density at radius 2 is 2.07 bits per heavy atom. The first-order valence-electron chi connectivity index (χ1n) is 4.77. The van der Waals surface area contributed by atoms with Crippen molar-refractivity contribution in [1.29, 1.82) is 0 Å². The molecule has 15 heavy (non-hydrogen) atoms. The van der Waals surface area contributed by atoms with E-state index in [1.807, 2.05) is 6.92 Å². The summed E-state index contributed by atoms with van der Waals surface area (Å²) in [4.78, 5) is 21.7. The summed E-state index contributed by atoms with van der Waals surface area (Å²) < 4.78 is 0. The molecular weight excluding hydrogens is 196 g/mol.